The molecule has 0 aliphatic carbocycles. The van der Waals surface area contributed by atoms with E-state index < -0.39 is 0 Å². The Bertz CT molecular complexity index is 294. The molecule has 86 valence electrons. The molecule has 0 saturated heterocycles. The third-order valence-corrected chi connectivity index (χ3v) is 2.15. The van der Waals surface area contributed by atoms with Gasteiger partial charge in [0.2, 0.25) is 5.88 Å². The van der Waals surface area contributed by atoms with Crippen LogP contribution in [-0.2, 0) is 0 Å². The molecule has 0 aliphatic heterocycles. The molecule has 1 heterocycles. The number of hydrogen-bond acceptors (Lipinski definition) is 3. The molecule has 15 heavy (non-hydrogen) atoms. The lowest BCUT2D eigenvalue weighted by molar-refractivity contribution is 0.171. The van der Waals surface area contributed by atoms with Crippen LogP contribution in [0.1, 0.15) is 26.5 Å². The first-order valence-corrected chi connectivity index (χ1v) is 5.39. The molecule has 0 spiro atoms. The van der Waals surface area contributed by atoms with Crippen molar-refractivity contribution in [2.45, 2.75) is 27.7 Å². The highest BCUT2D eigenvalue weighted by Gasteiger charge is 2.18. The summed E-state index contributed by atoms with van der Waals surface area (Å²) in [5.41, 5.74) is 1.15. The Morgan fingerprint density at radius 1 is 1.53 bits per heavy atom. The minimum atomic E-state index is 0.128. The lowest BCUT2D eigenvalue weighted by Gasteiger charge is -2.24. The number of nitrogens with one attached hydrogen (secondary N) is 2. The van der Waals surface area contributed by atoms with Crippen LogP contribution in [0.25, 0.3) is 0 Å². The van der Waals surface area contributed by atoms with E-state index >= 15 is 0 Å². The van der Waals surface area contributed by atoms with Crippen molar-refractivity contribution < 1.29 is 4.74 Å². The molecule has 1 rings (SSSR count). The van der Waals surface area contributed by atoms with Crippen molar-refractivity contribution in [3.05, 3.63) is 11.8 Å². The first-order chi connectivity index (χ1) is 7.03. The van der Waals surface area contributed by atoms with Crippen molar-refractivity contribution in [2.75, 3.05) is 19.7 Å². The van der Waals surface area contributed by atoms with Crippen LogP contribution >= 0.6 is 0 Å². The van der Waals surface area contributed by atoms with Gasteiger partial charge in [-0.05, 0) is 13.5 Å². The molecule has 0 atom stereocenters. The molecule has 0 bridgehead atoms. The average molecular weight is 211 g/mol. The smallest absolute Gasteiger partial charge is 0.232 e. The summed E-state index contributed by atoms with van der Waals surface area (Å²) in [6.45, 7) is 11.0. The van der Waals surface area contributed by atoms with E-state index in [2.05, 4.69) is 36.3 Å². The molecule has 0 unspecified atom stereocenters. The Morgan fingerprint density at radius 3 is 2.80 bits per heavy atom. The molecule has 1 aromatic heterocycles. The minimum Gasteiger partial charge on any atom is -0.476 e. The van der Waals surface area contributed by atoms with Crippen LogP contribution in [0.15, 0.2) is 6.07 Å². The van der Waals surface area contributed by atoms with E-state index in [1.54, 1.807) is 0 Å². The van der Waals surface area contributed by atoms with Crippen LogP contribution in [0.2, 0.25) is 0 Å². The number of aromatic amines is 1. The fourth-order valence-electron chi connectivity index (χ4n) is 1.25. The monoisotopic (exact) mass is 211 g/mol. The standard InChI is InChI=1S/C11H21N3O/c1-5-12-7-11(3,4)8-15-10-6-9(2)13-14-10/h6,12H,5,7-8H2,1-4H3,(H,13,14). The van der Waals surface area contributed by atoms with E-state index in [4.69, 9.17) is 4.74 Å². The Kier molecular flexibility index (Phi) is 4.15. The van der Waals surface area contributed by atoms with Crippen LogP contribution < -0.4 is 10.1 Å². The third kappa shape index (κ3) is 4.34. The van der Waals surface area contributed by atoms with Gasteiger partial charge in [0.1, 0.15) is 0 Å². The van der Waals surface area contributed by atoms with E-state index in [-0.39, 0.29) is 5.41 Å². The van der Waals surface area contributed by atoms with Crippen LogP contribution in [0.5, 0.6) is 5.88 Å². The first kappa shape index (κ1) is 12.0. The van der Waals surface area contributed by atoms with Gasteiger partial charge in [0.05, 0.1) is 6.61 Å². The van der Waals surface area contributed by atoms with Gasteiger partial charge in [0, 0.05) is 23.7 Å². The van der Waals surface area contributed by atoms with Crippen LogP contribution in [0.4, 0.5) is 0 Å². The predicted octanol–water partition coefficient (Wildman–Crippen LogP) is 1.73. The van der Waals surface area contributed by atoms with Gasteiger partial charge in [-0.1, -0.05) is 20.8 Å². The maximum atomic E-state index is 5.61. The minimum absolute atomic E-state index is 0.128. The summed E-state index contributed by atoms with van der Waals surface area (Å²) in [5, 5.41) is 10.2. The Hall–Kier alpha value is -1.03. The number of hydrogen-bond donors (Lipinski definition) is 2. The molecule has 0 aliphatic rings. The fourth-order valence-corrected chi connectivity index (χ4v) is 1.25. The Balaban J connectivity index is 2.35. The second-order valence-electron chi connectivity index (χ2n) is 4.62. The maximum Gasteiger partial charge on any atom is 0.232 e. The molecular formula is C11H21N3O. The molecule has 0 fully saturated rings. The van der Waals surface area contributed by atoms with Crippen LogP contribution in [0, 0.1) is 12.3 Å². The fraction of sp³-hybridized carbons (Fsp3) is 0.727. The zero-order valence-electron chi connectivity index (χ0n) is 10.1. The van der Waals surface area contributed by atoms with Crippen molar-refractivity contribution in [2.24, 2.45) is 5.41 Å². The van der Waals surface area contributed by atoms with E-state index in [1.165, 1.54) is 0 Å². The molecule has 4 nitrogen and oxygen atoms in total. The van der Waals surface area contributed by atoms with Crippen molar-refractivity contribution in [3.8, 4) is 5.88 Å². The SMILES string of the molecule is CCNCC(C)(C)COc1cc(C)[nH]n1. The summed E-state index contributed by atoms with van der Waals surface area (Å²) in [4.78, 5) is 0. The number of H-pyrrole nitrogens is 1. The highest BCUT2D eigenvalue weighted by atomic mass is 16.5. The Morgan fingerprint density at radius 2 is 2.27 bits per heavy atom. The molecule has 0 saturated carbocycles. The summed E-state index contributed by atoms with van der Waals surface area (Å²) in [6.07, 6.45) is 0. The predicted molar refractivity (Wildman–Crippen MR) is 61.1 cm³/mol. The summed E-state index contributed by atoms with van der Waals surface area (Å²) in [7, 11) is 0. The highest BCUT2D eigenvalue weighted by Crippen LogP contribution is 2.16. The second-order valence-corrected chi connectivity index (χ2v) is 4.62. The summed E-state index contributed by atoms with van der Waals surface area (Å²) < 4.78 is 5.61. The van der Waals surface area contributed by atoms with Gasteiger partial charge < -0.3 is 10.1 Å². The maximum absolute atomic E-state index is 5.61. The number of ether oxygens (including phenoxy) is 1. The largest absolute Gasteiger partial charge is 0.476 e. The topological polar surface area (TPSA) is 49.9 Å². The lowest BCUT2D eigenvalue weighted by atomic mass is 9.95. The van der Waals surface area contributed by atoms with E-state index in [0.717, 1.165) is 18.8 Å². The van der Waals surface area contributed by atoms with Crippen molar-refractivity contribution in [1.29, 1.82) is 0 Å². The number of rotatable bonds is 6. The number of aromatic nitrogens is 2. The van der Waals surface area contributed by atoms with Crippen molar-refractivity contribution in [1.82, 2.24) is 15.5 Å². The van der Waals surface area contributed by atoms with Crippen molar-refractivity contribution >= 4 is 0 Å². The first-order valence-electron chi connectivity index (χ1n) is 5.39. The quantitative estimate of drug-likeness (QED) is 0.753. The normalized spacial score (nSPS) is 11.7. The Labute approximate surface area is 91.4 Å². The van der Waals surface area contributed by atoms with Gasteiger partial charge in [-0.3, -0.25) is 5.10 Å². The highest BCUT2D eigenvalue weighted by molar-refractivity contribution is 5.12. The van der Waals surface area contributed by atoms with Gasteiger partial charge in [-0.25, -0.2) is 0 Å². The third-order valence-electron chi connectivity index (χ3n) is 2.15. The second kappa shape index (κ2) is 5.16. The van der Waals surface area contributed by atoms with Crippen molar-refractivity contribution in [3.63, 3.8) is 0 Å². The summed E-state index contributed by atoms with van der Waals surface area (Å²) >= 11 is 0. The summed E-state index contributed by atoms with van der Waals surface area (Å²) in [6, 6.07) is 1.91. The van der Waals surface area contributed by atoms with E-state index in [9.17, 15) is 0 Å². The molecule has 2 N–H and O–H groups in total. The van der Waals surface area contributed by atoms with Gasteiger partial charge in [-0.15, -0.1) is 5.10 Å². The molecule has 0 amide bonds. The van der Waals surface area contributed by atoms with E-state index in [0.29, 0.717) is 12.5 Å². The zero-order valence-corrected chi connectivity index (χ0v) is 10.1. The average Bonchev–Trinajstić information content (AvgIpc) is 2.59. The number of aryl methyl sites for hydroxylation is 1. The summed E-state index contributed by atoms with van der Waals surface area (Å²) in [5.74, 6) is 0.678. The van der Waals surface area contributed by atoms with Gasteiger partial charge in [0.25, 0.3) is 0 Å². The van der Waals surface area contributed by atoms with Gasteiger partial charge in [0.15, 0.2) is 0 Å². The van der Waals surface area contributed by atoms with Gasteiger partial charge >= 0.3 is 0 Å². The van der Waals surface area contributed by atoms with E-state index in [1.807, 2.05) is 13.0 Å². The zero-order chi connectivity index (χ0) is 11.3. The molecule has 0 radical (unpaired) electrons. The molecule has 4 heteroatoms. The van der Waals surface area contributed by atoms with Gasteiger partial charge in [-0.2, -0.15) is 0 Å². The molecular weight excluding hydrogens is 190 g/mol. The van der Waals surface area contributed by atoms with Crippen LogP contribution in [0.3, 0.4) is 0 Å². The molecule has 0 aromatic carbocycles. The molecule has 1 aromatic rings. The van der Waals surface area contributed by atoms with Crippen LogP contribution in [-0.4, -0.2) is 29.9 Å². The lowest BCUT2D eigenvalue weighted by Crippen LogP contribution is -2.34. The number of nitrogens with zero attached hydrogens (tertiary/aromatic N) is 1.